The Labute approximate surface area is 134 Å². The number of halogens is 1. The van der Waals surface area contributed by atoms with E-state index in [1.54, 1.807) is 32.3 Å². The lowest BCUT2D eigenvalue weighted by atomic mass is 9.92. The van der Waals surface area contributed by atoms with E-state index < -0.39 is 11.6 Å². The van der Waals surface area contributed by atoms with Crippen molar-refractivity contribution in [3.05, 3.63) is 28.8 Å². The van der Waals surface area contributed by atoms with Crippen LogP contribution in [-0.4, -0.2) is 37.5 Å². The zero-order valence-corrected chi connectivity index (χ0v) is 13.8. The maximum atomic E-state index is 12.0. The summed E-state index contributed by atoms with van der Waals surface area (Å²) in [7, 11) is 3.30. The summed E-state index contributed by atoms with van der Waals surface area (Å²) in [6, 6.07) is 4.84. The van der Waals surface area contributed by atoms with Crippen LogP contribution in [0, 0.1) is 5.41 Å². The first-order chi connectivity index (χ1) is 10.2. The molecule has 1 fully saturated rings. The largest absolute Gasteiger partial charge is 0.353 e. The molecule has 22 heavy (non-hydrogen) atoms. The average Bonchev–Trinajstić information content (AvgIpc) is 2.42. The van der Waals surface area contributed by atoms with Crippen molar-refractivity contribution in [1.29, 1.82) is 0 Å². The van der Waals surface area contributed by atoms with Crippen molar-refractivity contribution in [3.8, 4) is 0 Å². The summed E-state index contributed by atoms with van der Waals surface area (Å²) in [5, 5.41) is 5.93. The van der Waals surface area contributed by atoms with Crippen molar-refractivity contribution < 1.29 is 14.3 Å². The second-order valence-corrected chi connectivity index (χ2v) is 6.52. The number of amides is 3. The molecule has 0 saturated carbocycles. The van der Waals surface area contributed by atoms with Crippen molar-refractivity contribution in [2.75, 3.05) is 26.0 Å². The minimum atomic E-state index is -0.577. The van der Waals surface area contributed by atoms with E-state index in [0.717, 1.165) is 0 Å². The van der Waals surface area contributed by atoms with E-state index in [2.05, 4.69) is 10.6 Å². The van der Waals surface area contributed by atoms with Gasteiger partial charge in [-0.1, -0.05) is 17.7 Å². The molecule has 3 amide bonds. The summed E-state index contributed by atoms with van der Waals surface area (Å²) >= 11 is 6.25. The molecule has 0 radical (unpaired) electrons. The van der Waals surface area contributed by atoms with Gasteiger partial charge in [0.05, 0.1) is 17.0 Å². The first-order valence-corrected chi connectivity index (χ1v) is 7.29. The summed E-state index contributed by atoms with van der Waals surface area (Å²) in [6.07, 6.45) is -0.577. The van der Waals surface area contributed by atoms with Gasteiger partial charge in [-0.3, -0.25) is 4.79 Å². The Morgan fingerprint density at radius 3 is 2.68 bits per heavy atom. The number of anilines is 1. The Bertz CT molecular complexity index is 602. The highest BCUT2D eigenvalue weighted by Gasteiger charge is 2.36. The summed E-state index contributed by atoms with van der Waals surface area (Å²) in [4.78, 5) is 25.0. The second-order valence-electron chi connectivity index (χ2n) is 6.11. The standard InChI is InChI=1S/C15H20ClN3O3/c1-15(2)8-22-12(18-13(15)20)10-6-5-9(7-11(10)16)17-14(21)19(3)4/h5-7,12H,8H2,1-4H3,(H,17,21)(H,18,20). The van der Waals surface area contributed by atoms with Crippen molar-refractivity contribution >= 4 is 29.2 Å². The van der Waals surface area contributed by atoms with Gasteiger partial charge in [-0.05, 0) is 26.0 Å². The van der Waals surface area contributed by atoms with E-state index in [4.69, 9.17) is 16.3 Å². The molecular weight excluding hydrogens is 306 g/mol. The number of hydrogen-bond donors (Lipinski definition) is 2. The molecule has 1 aliphatic rings. The Hall–Kier alpha value is -1.79. The molecule has 1 saturated heterocycles. The lowest BCUT2D eigenvalue weighted by Gasteiger charge is -2.34. The van der Waals surface area contributed by atoms with E-state index >= 15 is 0 Å². The van der Waals surface area contributed by atoms with Crippen LogP contribution in [0.4, 0.5) is 10.5 Å². The first-order valence-electron chi connectivity index (χ1n) is 6.91. The van der Waals surface area contributed by atoms with E-state index in [1.807, 2.05) is 13.8 Å². The fraction of sp³-hybridized carbons (Fsp3) is 0.467. The predicted molar refractivity (Wildman–Crippen MR) is 84.8 cm³/mol. The molecule has 1 heterocycles. The number of nitrogens with zero attached hydrogens (tertiary/aromatic N) is 1. The molecule has 0 spiro atoms. The Kier molecular flexibility index (Phi) is 4.63. The van der Waals surface area contributed by atoms with Crippen LogP contribution < -0.4 is 10.6 Å². The van der Waals surface area contributed by atoms with E-state index in [1.165, 1.54) is 4.90 Å². The quantitative estimate of drug-likeness (QED) is 0.878. The maximum Gasteiger partial charge on any atom is 0.321 e. The number of carbonyl (C=O) groups excluding carboxylic acids is 2. The second kappa shape index (κ2) is 6.14. The highest BCUT2D eigenvalue weighted by molar-refractivity contribution is 6.31. The molecule has 1 aromatic carbocycles. The Balaban J connectivity index is 2.14. The van der Waals surface area contributed by atoms with Crippen molar-refractivity contribution in [3.63, 3.8) is 0 Å². The van der Waals surface area contributed by atoms with Gasteiger partial charge in [0.1, 0.15) is 0 Å². The van der Waals surface area contributed by atoms with Crippen LogP contribution in [-0.2, 0) is 9.53 Å². The van der Waals surface area contributed by atoms with Crippen LogP contribution in [0.25, 0.3) is 0 Å². The van der Waals surface area contributed by atoms with Gasteiger partial charge in [0.2, 0.25) is 5.91 Å². The van der Waals surface area contributed by atoms with E-state index in [-0.39, 0.29) is 11.9 Å². The van der Waals surface area contributed by atoms with Gasteiger partial charge in [-0.2, -0.15) is 0 Å². The molecule has 2 rings (SSSR count). The summed E-state index contributed by atoms with van der Waals surface area (Å²) in [5.74, 6) is -0.0789. The molecule has 0 aromatic heterocycles. The van der Waals surface area contributed by atoms with Crippen LogP contribution in [0.3, 0.4) is 0 Å². The zero-order chi connectivity index (χ0) is 16.5. The highest BCUT2D eigenvalue weighted by atomic mass is 35.5. The van der Waals surface area contributed by atoms with Crippen molar-refractivity contribution in [2.45, 2.75) is 20.1 Å². The van der Waals surface area contributed by atoms with Crippen LogP contribution in [0.2, 0.25) is 5.02 Å². The molecule has 1 aromatic rings. The first kappa shape index (κ1) is 16.6. The maximum absolute atomic E-state index is 12.0. The third kappa shape index (κ3) is 3.51. The van der Waals surface area contributed by atoms with Gasteiger partial charge in [0.15, 0.2) is 6.23 Å². The van der Waals surface area contributed by atoms with E-state index in [9.17, 15) is 9.59 Å². The van der Waals surface area contributed by atoms with Crippen molar-refractivity contribution in [2.24, 2.45) is 5.41 Å². The van der Waals surface area contributed by atoms with Gasteiger partial charge >= 0.3 is 6.03 Å². The number of hydrogen-bond acceptors (Lipinski definition) is 3. The topological polar surface area (TPSA) is 70.7 Å². The third-order valence-corrected chi connectivity index (χ3v) is 3.76. The number of nitrogens with one attached hydrogen (secondary N) is 2. The minimum absolute atomic E-state index is 0.0789. The minimum Gasteiger partial charge on any atom is -0.353 e. The Morgan fingerprint density at radius 1 is 1.45 bits per heavy atom. The van der Waals surface area contributed by atoms with Gasteiger partial charge in [-0.15, -0.1) is 0 Å². The average molecular weight is 326 g/mol. The number of urea groups is 1. The summed E-state index contributed by atoms with van der Waals surface area (Å²) < 4.78 is 5.68. The molecule has 1 unspecified atom stereocenters. The molecular formula is C15H20ClN3O3. The predicted octanol–water partition coefficient (Wildman–Crippen LogP) is 2.60. The molecule has 7 heteroatoms. The number of carbonyl (C=O) groups is 2. The fourth-order valence-corrected chi connectivity index (χ4v) is 2.21. The zero-order valence-electron chi connectivity index (χ0n) is 13.1. The number of ether oxygens (including phenoxy) is 1. The van der Waals surface area contributed by atoms with Gasteiger partial charge < -0.3 is 20.3 Å². The molecule has 0 bridgehead atoms. The molecule has 1 aliphatic heterocycles. The SMILES string of the molecule is CN(C)C(=O)Nc1ccc(C2NC(=O)C(C)(C)CO2)c(Cl)c1. The van der Waals surface area contributed by atoms with Gasteiger partial charge in [0.25, 0.3) is 0 Å². The lowest BCUT2D eigenvalue weighted by molar-refractivity contribution is -0.150. The molecule has 1 atom stereocenters. The third-order valence-electron chi connectivity index (χ3n) is 3.43. The number of benzene rings is 1. The fourth-order valence-electron chi connectivity index (χ4n) is 1.93. The van der Waals surface area contributed by atoms with Crippen LogP contribution in [0.1, 0.15) is 25.6 Å². The lowest BCUT2D eigenvalue weighted by Crippen LogP contribution is -2.48. The Morgan fingerprint density at radius 2 is 2.14 bits per heavy atom. The van der Waals surface area contributed by atoms with E-state index in [0.29, 0.717) is 22.9 Å². The molecule has 0 aliphatic carbocycles. The number of rotatable bonds is 2. The van der Waals surface area contributed by atoms with Gasteiger partial charge in [0, 0.05) is 25.3 Å². The molecule has 120 valence electrons. The van der Waals surface area contributed by atoms with Crippen molar-refractivity contribution in [1.82, 2.24) is 10.2 Å². The smallest absolute Gasteiger partial charge is 0.321 e. The van der Waals surface area contributed by atoms with Crippen LogP contribution in [0.15, 0.2) is 18.2 Å². The highest BCUT2D eigenvalue weighted by Crippen LogP contribution is 2.32. The summed E-state index contributed by atoms with van der Waals surface area (Å²) in [5.41, 5.74) is 0.686. The van der Waals surface area contributed by atoms with Crippen LogP contribution in [0.5, 0.6) is 0 Å². The monoisotopic (exact) mass is 325 g/mol. The van der Waals surface area contributed by atoms with Crippen LogP contribution >= 0.6 is 11.6 Å². The van der Waals surface area contributed by atoms with Gasteiger partial charge in [-0.25, -0.2) is 4.79 Å². The normalized spacial score (nSPS) is 20.2. The molecule has 6 nitrogen and oxygen atoms in total. The molecule has 2 N–H and O–H groups in total. The summed E-state index contributed by atoms with van der Waals surface area (Å²) in [6.45, 7) is 3.96.